The Labute approximate surface area is 136 Å². The summed E-state index contributed by atoms with van der Waals surface area (Å²) in [5.74, 6) is -0.165. The average Bonchev–Trinajstić information content (AvgIpc) is 2.80. The SMILES string of the molecule is CN(C)c1ccc(C(=O)N2CCCN(C(=O)CC#N)CC2)cc1. The van der Waals surface area contributed by atoms with E-state index in [-0.39, 0.29) is 18.2 Å². The smallest absolute Gasteiger partial charge is 0.253 e. The van der Waals surface area contributed by atoms with Crippen LogP contribution in [0.2, 0.25) is 0 Å². The minimum absolute atomic E-state index is 0.00936. The standard InChI is InChI=1S/C17H22N4O2/c1-19(2)15-6-4-14(5-7-15)17(23)21-11-3-10-20(12-13-21)16(22)8-9-18/h4-7H,3,8,10-13H2,1-2H3. The lowest BCUT2D eigenvalue weighted by molar-refractivity contribution is -0.130. The van der Waals surface area contributed by atoms with Gasteiger partial charge in [0.25, 0.3) is 5.91 Å². The van der Waals surface area contributed by atoms with Crippen LogP contribution in [0, 0.1) is 11.3 Å². The summed E-state index contributed by atoms with van der Waals surface area (Å²) < 4.78 is 0. The second kappa shape index (κ2) is 7.63. The number of carbonyl (C=O) groups is 2. The summed E-state index contributed by atoms with van der Waals surface area (Å²) in [5, 5.41) is 8.62. The van der Waals surface area contributed by atoms with E-state index < -0.39 is 0 Å². The Hall–Kier alpha value is -2.55. The second-order valence-corrected chi connectivity index (χ2v) is 5.80. The Kier molecular flexibility index (Phi) is 5.58. The molecule has 2 rings (SSSR count). The topological polar surface area (TPSA) is 67.7 Å². The molecule has 1 aromatic rings. The molecule has 122 valence electrons. The van der Waals surface area contributed by atoms with Gasteiger partial charge in [-0.25, -0.2) is 0 Å². The zero-order valence-corrected chi connectivity index (χ0v) is 13.7. The average molecular weight is 314 g/mol. The molecule has 0 radical (unpaired) electrons. The molecule has 0 aromatic heterocycles. The van der Waals surface area contributed by atoms with Crippen molar-refractivity contribution in [1.82, 2.24) is 9.80 Å². The van der Waals surface area contributed by atoms with Crippen molar-refractivity contribution in [2.24, 2.45) is 0 Å². The van der Waals surface area contributed by atoms with Crippen molar-refractivity contribution in [3.63, 3.8) is 0 Å². The van der Waals surface area contributed by atoms with Crippen LogP contribution in [0.4, 0.5) is 5.69 Å². The van der Waals surface area contributed by atoms with E-state index in [2.05, 4.69) is 0 Å². The van der Waals surface area contributed by atoms with Gasteiger partial charge >= 0.3 is 0 Å². The van der Waals surface area contributed by atoms with Gasteiger partial charge in [0.05, 0.1) is 6.07 Å². The fourth-order valence-electron chi connectivity index (χ4n) is 2.63. The van der Waals surface area contributed by atoms with Gasteiger partial charge in [-0.2, -0.15) is 5.26 Å². The van der Waals surface area contributed by atoms with Gasteiger partial charge in [-0.1, -0.05) is 0 Å². The van der Waals surface area contributed by atoms with E-state index in [1.165, 1.54) is 0 Å². The van der Waals surface area contributed by atoms with Crippen LogP contribution in [0.5, 0.6) is 0 Å². The maximum Gasteiger partial charge on any atom is 0.253 e. The van der Waals surface area contributed by atoms with Crippen molar-refractivity contribution in [2.75, 3.05) is 45.2 Å². The van der Waals surface area contributed by atoms with E-state index in [0.29, 0.717) is 31.7 Å². The number of benzene rings is 1. The molecule has 1 aliphatic heterocycles. The summed E-state index contributed by atoms with van der Waals surface area (Å²) in [6.07, 6.45) is 0.638. The Morgan fingerprint density at radius 3 is 2.30 bits per heavy atom. The van der Waals surface area contributed by atoms with E-state index in [1.54, 1.807) is 9.80 Å². The van der Waals surface area contributed by atoms with E-state index in [9.17, 15) is 9.59 Å². The molecule has 0 aliphatic carbocycles. The molecule has 6 heteroatoms. The molecule has 2 amide bonds. The summed E-state index contributed by atoms with van der Waals surface area (Å²) in [6.45, 7) is 2.22. The van der Waals surface area contributed by atoms with Gasteiger partial charge < -0.3 is 14.7 Å². The van der Waals surface area contributed by atoms with Gasteiger partial charge in [0.1, 0.15) is 6.42 Å². The Morgan fingerprint density at radius 2 is 1.70 bits per heavy atom. The minimum Gasteiger partial charge on any atom is -0.378 e. The second-order valence-electron chi connectivity index (χ2n) is 5.80. The fourth-order valence-corrected chi connectivity index (χ4v) is 2.63. The van der Waals surface area contributed by atoms with Gasteiger partial charge in [-0.05, 0) is 30.7 Å². The van der Waals surface area contributed by atoms with Crippen LogP contribution in [0.25, 0.3) is 0 Å². The first-order valence-electron chi connectivity index (χ1n) is 7.74. The number of carbonyl (C=O) groups excluding carboxylic acids is 2. The highest BCUT2D eigenvalue weighted by Crippen LogP contribution is 2.15. The summed E-state index contributed by atoms with van der Waals surface area (Å²) in [4.78, 5) is 29.8. The van der Waals surface area contributed by atoms with Gasteiger partial charge in [0.15, 0.2) is 0 Å². The molecule has 1 aliphatic rings. The van der Waals surface area contributed by atoms with Gasteiger partial charge in [0.2, 0.25) is 5.91 Å². The van der Waals surface area contributed by atoms with Gasteiger partial charge in [-0.15, -0.1) is 0 Å². The monoisotopic (exact) mass is 314 g/mol. The lowest BCUT2D eigenvalue weighted by Crippen LogP contribution is -2.37. The van der Waals surface area contributed by atoms with Crippen LogP contribution < -0.4 is 4.90 Å². The number of nitriles is 1. The van der Waals surface area contributed by atoms with E-state index >= 15 is 0 Å². The third-order valence-electron chi connectivity index (χ3n) is 4.00. The number of hydrogen-bond donors (Lipinski definition) is 0. The lowest BCUT2D eigenvalue weighted by Gasteiger charge is -2.22. The lowest BCUT2D eigenvalue weighted by atomic mass is 10.1. The summed E-state index contributed by atoms with van der Waals surface area (Å²) in [6, 6.07) is 9.40. The predicted octanol–water partition coefficient (Wildman–Crippen LogP) is 1.34. The molecule has 0 spiro atoms. The highest BCUT2D eigenvalue weighted by atomic mass is 16.2. The quantitative estimate of drug-likeness (QED) is 0.844. The third kappa shape index (κ3) is 4.22. The summed E-state index contributed by atoms with van der Waals surface area (Å²) >= 11 is 0. The predicted molar refractivity (Wildman–Crippen MR) is 88.1 cm³/mol. The fraction of sp³-hybridized carbons (Fsp3) is 0.471. The highest BCUT2D eigenvalue weighted by Gasteiger charge is 2.22. The maximum atomic E-state index is 12.6. The van der Waals surface area contributed by atoms with Crippen molar-refractivity contribution < 1.29 is 9.59 Å². The van der Waals surface area contributed by atoms with Crippen LogP contribution in [-0.2, 0) is 4.79 Å². The molecule has 0 saturated carbocycles. The Bertz CT molecular complexity index is 604. The van der Waals surface area contributed by atoms with Gasteiger partial charge in [-0.3, -0.25) is 9.59 Å². The van der Waals surface area contributed by atoms with Crippen molar-refractivity contribution >= 4 is 17.5 Å². The molecule has 23 heavy (non-hydrogen) atoms. The van der Waals surface area contributed by atoms with Crippen molar-refractivity contribution in [1.29, 1.82) is 5.26 Å². The number of rotatable bonds is 3. The first-order valence-corrected chi connectivity index (χ1v) is 7.74. The Morgan fingerprint density at radius 1 is 1.09 bits per heavy atom. The van der Waals surface area contributed by atoms with Crippen LogP contribution in [-0.4, -0.2) is 61.9 Å². The van der Waals surface area contributed by atoms with Crippen LogP contribution in [0.3, 0.4) is 0 Å². The third-order valence-corrected chi connectivity index (χ3v) is 4.00. The van der Waals surface area contributed by atoms with Crippen molar-refractivity contribution in [2.45, 2.75) is 12.8 Å². The van der Waals surface area contributed by atoms with E-state index in [4.69, 9.17) is 5.26 Å². The highest BCUT2D eigenvalue weighted by molar-refractivity contribution is 5.94. The zero-order chi connectivity index (χ0) is 16.8. The summed E-state index contributed by atoms with van der Waals surface area (Å²) in [5.41, 5.74) is 1.71. The van der Waals surface area contributed by atoms with E-state index in [1.807, 2.05) is 49.3 Å². The molecule has 1 aromatic carbocycles. The molecular formula is C17H22N4O2. The van der Waals surface area contributed by atoms with Crippen LogP contribution >= 0.6 is 0 Å². The number of nitrogens with zero attached hydrogens (tertiary/aromatic N) is 4. The number of amides is 2. The molecule has 0 atom stereocenters. The Balaban J connectivity index is 2.00. The molecule has 1 heterocycles. The molecule has 0 N–H and O–H groups in total. The maximum absolute atomic E-state index is 12.6. The van der Waals surface area contributed by atoms with Crippen molar-refractivity contribution in [3.8, 4) is 6.07 Å². The molecule has 0 unspecified atom stereocenters. The van der Waals surface area contributed by atoms with Crippen LogP contribution in [0.15, 0.2) is 24.3 Å². The first kappa shape index (κ1) is 16.8. The largest absolute Gasteiger partial charge is 0.378 e. The van der Waals surface area contributed by atoms with Crippen molar-refractivity contribution in [3.05, 3.63) is 29.8 Å². The molecule has 0 bridgehead atoms. The van der Waals surface area contributed by atoms with Gasteiger partial charge in [0, 0.05) is 51.5 Å². The molecule has 6 nitrogen and oxygen atoms in total. The van der Waals surface area contributed by atoms with E-state index in [0.717, 1.165) is 12.1 Å². The summed E-state index contributed by atoms with van der Waals surface area (Å²) in [7, 11) is 3.91. The van der Waals surface area contributed by atoms with Crippen LogP contribution in [0.1, 0.15) is 23.2 Å². The molecule has 1 fully saturated rings. The zero-order valence-electron chi connectivity index (χ0n) is 13.7. The number of anilines is 1. The molecule has 1 saturated heterocycles. The normalized spacial score (nSPS) is 14.8. The molecular weight excluding hydrogens is 292 g/mol. The number of hydrogen-bond acceptors (Lipinski definition) is 4. The first-order chi connectivity index (χ1) is 11.0. The minimum atomic E-state index is -0.155.